The largest absolute Gasteiger partial charge is 0.475 e. The maximum Gasteiger partial charge on any atom is 0.185 e. The van der Waals surface area contributed by atoms with Gasteiger partial charge >= 0.3 is 0 Å². The molecule has 0 amide bonds. The van der Waals surface area contributed by atoms with Crippen LogP contribution in [0.15, 0.2) is 48.7 Å². The molecule has 0 aliphatic heterocycles. The highest BCUT2D eigenvalue weighted by molar-refractivity contribution is 5.46. The third kappa shape index (κ3) is 3.48. The molecule has 0 unspecified atom stereocenters. The molecule has 0 radical (unpaired) electrons. The minimum Gasteiger partial charge on any atom is -0.475 e. The Morgan fingerprint density at radius 1 is 1.16 bits per heavy atom. The maximum absolute atomic E-state index is 8.62. The standard InChI is InChI=1S/C16H19NO2/c1-2-15-8-9-16(10-11-19-13-18)17(15)12-14-6-4-3-5-7-14/h3-11,18H,2,12-13H2,1H3/b11-10+. The lowest BCUT2D eigenvalue weighted by Crippen LogP contribution is -2.05. The maximum atomic E-state index is 8.62. The summed E-state index contributed by atoms with van der Waals surface area (Å²) in [6, 6.07) is 14.6. The summed E-state index contributed by atoms with van der Waals surface area (Å²) in [5.74, 6) is 0. The van der Waals surface area contributed by atoms with Crippen LogP contribution >= 0.6 is 0 Å². The first kappa shape index (κ1) is 13.4. The predicted molar refractivity (Wildman–Crippen MR) is 76.6 cm³/mol. The van der Waals surface area contributed by atoms with Gasteiger partial charge in [-0.25, -0.2) is 0 Å². The summed E-state index contributed by atoms with van der Waals surface area (Å²) in [6.07, 6.45) is 4.39. The molecule has 19 heavy (non-hydrogen) atoms. The SMILES string of the molecule is CCc1ccc(/C=C/OCO)n1Cc1ccccc1. The zero-order valence-corrected chi connectivity index (χ0v) is 11.1. The van der Waals surface area contributed by atoms with Crippen LogP contribution in [-0.4, -0.2) is 16.5 Å². The van der Waals surface area contributed by atoms with Gasteiger partial charge in [-0.2, -0.15) is 0 Å². The van der Waals surface area contributed by atoms with Gasteiger partial charge in [-0.15, -0.1) is 0 Å². The summed E-state index contributed by atoms with van der Waals surface area (Å²) in [6.45, 7) is 2.70. The fourth-order valence-electron chi connectivity index (χ4n) is 2.10. The molecule has 0 spiro atoms. The minimum absolute atomic E-state index is 0.295. The van der Waals surface area contributed by atoms with E-state index in [1.165, 1.54) is 17.5 Å². The molecule has 0 saturated carbocycles. The number of ether oxygens (including phenoxy) is 1. The molecule has 0 fully saturated rings. The van der Waals surface area contributed by atoms with Crippen LogP contribution in [0.25, 0.3) is 6.08 Å². The third-order valence-corrected chi connectivity index (χ3v) is 3.06. The molecule has 0 atom stereocenters. The molecular formula is C16H19NO2. The molecule has 3 nitrogen and oxygen atoms in total. The highest BCUT2D eigenvalue weighted by Crippen LogP contribution is 2.15. The monoisotopic (exact) mass is 257 g/mol. The molecule has 100 valence electrons. The second-order valence-electron chi connectivity index (χ2n) is 4.27. The molecule has 2 aromatic rings. The van der Waals surface area contributed by atoms with Gasteiger partial charge in [0.25, 0.3) is 0 Å². The lowest BCUT2D eigenvalue weighted by molar-refractivity contribution is 0.0613. The Balaban J connectivity index is 2.24. The van der Waals surface area contributed by atoms with E-state index in [1.807, 2.05) is 12.1 Å². The fraction of sp³-hybridized carbons (Fsp3) is 0.250. The Morgan fingerprint density at radius 2 is 1.95 bits per heavy atom. The quantitative estimate of drug-likeness (QED) is 0.637. The number of aliphatic hydroxyl groups is 1. The number of benzene rings is 1. The van der Waals surface area contributed by atoms with E-state index in [4.69, 9.17) is 9.84 Å². The van der Waals surface area contributed by atoms with E-state index in [-0.39, 0.29) is 6.79 Å². The van der Waals surface area contributed by atoms with E-state index in [0.717, 1.165) is 18.7 Å². The summed E-state index contributed by atoms with van der Waals surface area (Å²) in [7, 11) is 0. The number of hydrogen-bond acceptors (Lipinski definition) is 2. The Bertz CT molecular complexity index is 529. The highest BCUT2D eigenvalue weighted by atomic mass is 16.6. The van der Waals surface area contributed by atoms with Gasteiger partial charge < -0.3 is 14.4 Å². The molecule has 0 aliphatic rings. The topological polar surface area (TPSA) is 34.4 Å². The summed E-state index contributed by atoms with van der Waals surface area (Å²) >= 11 is 0. The lowest BCUT2D eigenvalue weighted by atomic mass is 10.2. The zero-order valence-electron chi connectivity index (χ0n) is 11.1. The summed E-state index contributed by atoms with van der Waals surface area (Å²) < 4.78 is 7.10. The van der Waals surface area contributed by atoms with Gasteiger partial charge in [0.15, 0.2) is 6.79 Å². The normalized spacial score (nSPS) is 11.1. The van der Waals surface area contributed by atoms with Crippen molar-refractivity contribution in [2.45, 2.75) is 19.9 Å². The molecule has 0 bridgehead atoms. The minimum atomic E-state index is -0.295. The summed E-state index contributed by atoms with van der Waals surface area (Å²) in [5.41, 5.74) is 3.63. The number of hydrogen-bond donors (Lipinski definition) is 1. The molecule has 1 aromatic carbocycles. The van der Waals surface area contributed by atoms with Crippen LogP contribution in [0, 0.1) is 0 Å². The van der Waals surface area contributed by atoms with E-state index >= 15 is 0 Å². The van der Waals surface area contributed by atoms with Gasteiger partial charge in [0.2, 0.25) is 0 Å². The van der Waals surface area contributed by atoms with Gasteiger partial charge in [-0.3, -0.25) is 0 Å². The van der Waals surface area contributed by atoms with Crippen molar-refractivity contribution in [2.75, 3.05) is 6.79 Å². The van der Waals surface area contributed by atoms with Gasteiger partial charge in [0, 0.05) is 17.9 Å². The highest BCUT2D eigenvalue weighted by Gasteiger charge is 2.05. The predicted octanol–water partition coefficient (Wildman–Crippen LogP) is 3.04. The molecule has 1 aromatic heterocycles. The Kier molecular flexibility index (Phi) is 4.81. The first-order valence-electron chi connectivity index (χ1n) is 6.46. The van der Waals surface area contributed by atoms with Gasteiger partial charge in [0.1, 0.15) is 0 Å². The molecule has 3 heteroatoms. The number of rotatable bonds is 6. The molecule has 0 aliphatic carbocycles. The number of aliphatic hydroxyl groups excluding tert-OH is 1. The second kappa shape index (κ2) is 6.81. The van der Waals surface area contributed by atoms with Crippen molar-refractivity contribution < 1.29 is 9.84 Å². The molecule has 1 N–H and O–H groups in total. The second-order valence-corrected chi connectivity index (χ2v) is 4.27. The van der Waals surface area contributed by atoms with Crippen LogP contribution in [0.2, 0.25) is 0 Å². The molecule has 1 heterocycles. The first-order valence-corrected chi connectivity index (χ1v) is 6.46. The van der Waals surface area contributed by atoms with Crippen molar-refractivity contribution in [1.29, 1.82) is 0 Å². The Labute approximate surface area is 113 Å². The average Bonchev–Trinajstić information content (AvgIpc) is 2.83. The van der Waals surface area contributed by atoms with E-state index < -0.39 is 0 Å². The van der Waals surface area contributed by atoms with Crippen molar-refractivity contribution in [2.24, 2.45) is 0 Å². The third-order valence-electron chi connectivity index (χ3n) is 3.06. The first-order chi connectivity index (χ1) is 9.35. The number of nitrogens with zero attached hydrogens (tertiary/aromatic N) is 1. The number of aromatic nitrogens is 1. The van der Waals surface area contributed by atoms with Crippen LogP contribution in [0.5, 0.6) is 0 Å². The van der Waals surface area contributed by atoms with E-state index in [2.05, 4.69) is 47.9 Å². The van der Waals surface area contributed by atoms with Crippen LogP contribution in [0.1, 0.15) is 23.9 Å². The van der Waals surface area contributed by atoms with Gasteiger partial charge in [-0.1, -0.05) is 37.3 Å². The van der Waals surface area contributed by atoms with Crippen LogP contribution in [0.3, 0.4) is 0 Å². The fourth-order valence-corrected chi connectivity index (χ4v) is 2.10. The lowest BCUT2D eigenvalue weighted by Gasteiger charge is -2.11. The molecule has 0 saturated heterocycles. The Morgan fingerprint density at radius 3 is 2.63 bits per heavy atom. The average molecular weight is 257 g/mol. The van der Waals surface area contributed by atoms with E-state index in [9.17, 15) is 0 Å². The van der Waals surface area contributed by atoms with Gasteiger partial charge in [-0.05, 0) is 30.2 Å². The van der Waals surface area contributed by atoms with Crippen molar-refractivity contribution in [1.82, 2.24) is 4.57 Å². The van der Waals surface area contributed by atoms with E-state index in [1.54, 1.807) is 0 Å². The smallest absolute Gasteiger partial charge is 0.185 e. The Hall–Kier alpha value is -2.00. The van der Waals surface area contributed by atoms with Crippen LogP contribution in [0.4, 0.5) is 0 Å². The van der Waals surface area contributed by atoms with Crippen LogP contribution < -0.4 is 0 Å². The summed E-state index contributed by atoms with van der Waals surface area (Å²) in [5, 5.41) is 8.62. The number of aryl methyl sites for hydroxylation is 1. The zero-order chi connectivity index (χ0) is 13.5. The molecule has 2 rings (SSSR count). The van der Waals surface area contributed by atoms with Crippen molar-refractivity contribution in [3.63, 3.8) is 0 Å². The van der Waals surface area contributed by atoms with Gasteiger partial charge in [0.05, 0.1) is 6.26 Å². The van der Waals surface area contributed by atoms with Crippen molar-refractivity contribution >= 4 is 6.08 Å². The summed E-state index contributed by atoms with van der Waals surface area (Å²) in [4.78, 5) is 0. The molecular weight excluding hydrogens is 238 g/mol. The van der Waals surface area contributed by atoms with Crippen molar-refractivity contribution in [3.8, 4) is 0 Å². The van der Waals surface area contributed by atoms with E-state index in [0.29, 0.717) is 0 Å². The van der Waals surface area contributed by atoms with Crippen LogP contribution in [-0.2, 0) is 17.7 Å². The van der Waals surface area contributed by atoms with Crippen molar-refractivity contribution in [3.05, 3.63) is 65.7 Å².